The summed E-state index contributed by atoms with van der Waals surface area (Å²) < 4.78 is 18.1. The van der Waals surface area contributed by atoms with Gasteiger partial charge >= 0.3 is 0 Å². The van der Waals surface area contributed by atoms with Crippen molar-refractivity contribution in [3.05, 3.63) is 41.7 Å². The number of halogens is 1. The average Bonchev–Trinajstić information content (AvgIpc) is 2.15. The van der Waals surface area contributed by atoms with Gasteiger partial charge in [-0.2, -0.15) is 0 Å². The molecule has 0 spiro atoms. The molecule has 0 heterocycles. The van der Waals surface area contributed by atoms with Crippen molar-refractivity contribution in [3.63, 3.8) is 0 Å². The van der Waals surface area contributed by atoms with Gasteiger partial charge in [0.05, 0.1) is 7.11 Å². The van der Waals surface area contributed by atoms with E-state index in [1.807, 2.05) is 6.92 Å². The molecule has 0 amide bonds. The molecule has 2 heteroatoms. The third-order valence-corrected chi connectivity index (χ3v) is 2.06. The molecule has 1 nitrogen and oxygen atoms in total. The van der Waals surface area contributed by atoms with E-state index in [-0.39, 0.29) is 5.82 Å². The van der Waals surface area contributed by atoms with Crippen LogP contribution in [0.4, 0.5) is 4.39 Å². The Labute approximate surface area is 84.2 Å². The Balaban J connectivity index is 2.82. The quantitative estimate of drug-likeness (QED) is 0.668. The summed E-state index contributed by atoms with van der Waals surface area (Å²) in [5, 5.41) is 0. The second-order valence-corrected chi connectivity index (χ2v) is 3.41. The van der Waals surface area contributed by atoms with Crippen molar-refractivity contribution in [3.8, 4) is 5.75 Å². The van der Waals surface area contributed by atoms with E-state index in [9.17, 15) is 4.39 Å². The van der Waals surface area contributed by atoms with E-state index in [0.717, 1.165) is 29.7 Å². The van der Waals surface area contributed by atoms with Gasteiger partial charge in [0.1, 0.15) is 11.6 Å². The second-order valence-electron chi connectivity index (χ2n) is 3.41. The Morgan fingerprint density at radius 2 is 2.21 bits per heavy atom. The zero-order valence-electron chi connectivity index (χ0n) is 8.64. The number of hydrogen-bond donors (Lipinski definition) is 0. The molecular formula is C12H15FO. The molecule has 0 aliphatic rings. The van der Waals surface area contributed by atoms with Crippen molar-refractivity contribution >= 4 is 0 Å². The number of benzene rings is 1. The Bertz CT molecular complexity index is 331. The highest BCUT2D eigenvalue weighted by Gasteiger charge is 2.04. The van der Waals surface area contributed by atoms with E-state index >= 15 is 0 Å². The molecule has 1 rings (SSSR count). The van der Waals surface area contributed by atoms with E-state index in [1.165, 1.54) is 12.1 Å². The van der Waals surface area contributed by atoms with Gasteiger partial charge in [-0.1, -0.05) is 5.57 Å². The lowest BCUT2D eigenvalue weighted by Gasteiger charge is -2.08. The summed E-state index contributed by atoms with van der Waals surface area (Å²) in [6, 6.07) is 4.58. The van der Waals surface area contributed by atoms with Gasteiger partial charge in [-0.3, -0.25) is 0 Å². The Kier molecular flexibility index (Phi) is 3.69. The van der Waals surface area contributed by atoms with Crippen LogP contribution < -0.4 is 4.74 Å². The van der Waals surface area contributed by atoms with Gasteiger partial charge in [0.25, 0.3) is 0 Å². The summed E-state index contributed by atoms with van der Waals surface area (Å²) in [6.45, 7) is 5.78. The van der Waals surface area contributed by atoms with Crippen LogP contribution >= 0.6 is 0 Å². The summed E-state index contributed by atoms with van der Waals surface area (Å²) in [6.07, 6.45) is 1.64. The minimum Gasteiger partial charge on any atom is -0.496 e. The fourth-order valence-electron chi connectivity index (χ4n) is 1.29. The van der Waals surface area contributed by atoms with Gasteiger partial charge in [0.15, 0.2) is 0 Å². The highest BCUT2D eigenvalue weighted by molar-refractivity contribution is 5.34. The highest BCUT2D eigenvalue weighted by Crippen LogP contribution is 2.21. The Hall–Kier alpha value is -1.31. The smallest absolute Gasteiger partial charge is 0.123 e. The normalized spacial score (nSPS) is 9.93. The summed E-state index contributed by atoms with van der Waals surface area (Å²) in [4.78, 5) is 0. The number of allylic oxidation sites excluding steroid dienone is 1. The molecule has 14 heavy (non-hydrogen) atoms. The number of hydrogen-bond acceptors (Lipinski definition) is 1. The average molecular weight is 194 g/mol. The van der Waals surface area contributed by atoms with Crippen LogP contribution in [0, 0.1) is 5.82 Å². The first-order valence-corrected chi connectivity index (χ1v) is 4.60. The molecule has 0 bridgehead atoms. The maximum atomic E-state index is 12.9. The van der Waals surface area contributed by atoms with Gasteiger partial charge in [0, 0.05) is 0 Å². The zero-order valence-corrected chi connectivity index (χ0v) is 8.64. The van der Waals surface area contributed by atoms with Crippen molar-refractivity contribution in [1.29, 1.82) is 0 Å². The van der Waals surface area contributed by atoms with Crippen LogP contribution in [-0.2, 0) is 6.42 Å². The fourth-order valence-corrected chi connectivity index (χ4v) is 1.29. The number of ether oxygens (including phenoxy) is 1. The minimum atomic E-state index is -0.220. The second kappa shape index (κ2) is 4.80. The van der Waals surface area contributed by atoms with Crippen LogP contribution in [0.3, 0.4) is 0 Å². The molecule has 0 aliphatic heterocycles. The lowest BCUT2D eigenvalue weighted by atomic mass is 10.1. The third-order valence-electron chi connectivity index (χ3n) is 2.06. The van der Waals surface area contributed by atoms with Gasteiger partial charge in [-0.25, -0.2) is 4.39 Å². The van der Waals surface area contributed by atoms with E-state index in [1.54, 1.807) is 13.2 Å². The first-order chi connectivity index (χ1) is 6.63. The molecule has 0 atom stereocenters. The third kappa shape index (κ3) is 2.87. The first kappa shape index (κ1) is 10.8. The maximum Gasteiger partial charge on any atom is 0.123 e. The van der Waals surface area contributed by atoms with Gasteiger partial charge in [0.2, 0.25) is 0 Å². The minimum absolute atomic E-state index is 0.220. The van der Waals surface area contributed by atoms with Crippen molar-refractivity contribution in [2.45, 2.75) is 19.8 Å². The summed E-state index contributed by atoms with van der Waals surface area (Å²) in [5.41, 5.74) is 1.99. The predicted octanol–water partition coefficient (Wildman–Crippen LogP) is 3.34. The number of rotatable bonds is 4. The standard InChI is InChI=1S/C12H15FO/c1-9(2)4-5-10-8-11(13)6-7-12(10)14-3/h6-8H,1,4-5H2,2-3H3. The lowest BCUT2D eigenvalue weighted by Crippen LogP contribution is -1.93. The first-order valence-electron chi connectivity index (χ1n) is 4.60. The summed E-state index contributed by atoms with van der Waals surface area (Å²) in [7, 11) is 1.59. The molecule has 1 aromatic rings. The van der Waals surface area contributed by atoms with Crippen molar-refractivity contribution < 1.29 is 9.13 Å². The van der Waals surface area contributed by atoms with Crippen LogP contribution in [0.2, 0.25) is 0 Å². The molecule has 76 valence electrons. The molecule has 0 saturated carbocycles. The van der Waals surface area contributed by atoms with Gasteiger partial charge in [-0.05, 0) is 43.5 Å². The molecule has 0 fully saturated rings. The molecule has 0 N–H and O–H groups in total. The van der Waals surface area contributed by atoms with Crippen LogP contribution in [-0.4, -0.2) is 7.11 Å². The van der Waals surface area contributed by atoms with Crippen LogP contribution in [0.1, 0.15) is 18.9 Å². The monoisotopic (exact) mass is 194 g/mol. The molecule has 1 aromatic carbocycles. The van der Waals surface area contributed by atoms with Crippen LogP contribution in [0.15, 0.2) is 30.4 Å². The molecule has 0 aliphatic carbocycles. The molecule has 0 aromatic heterocycles. The van der Waals surface area contributed by atoms with E-state index in [0.29, 0.717) is 0 Å². The highest BCUT2D eigenvalue weighted by atomic mass is 19.1. The van der Waals surface area contributed by atoms with Crippen molar-refractivity contribution in [2.75, 3.05) is 7.11 Å². The molecule has 0 saturated heterocycles. The van der Waals surface area contributed by atoms with E-state index < -0.39 is 0 Å². The maximum absolute atomic E-state index is 12.9. The molecular weight excluding hydrogens is 179 g/mol. The molecule has 0 radical (unpaired) electrons. The van der Waals surface area contributed by atoms with Crippen molar-refractivity contribution in [2.24, 2.45) is 0 Å². The predicted molar refractivity (Wildman–Crippen MR) is 56.1 cm³/mol. The topological polar surface area (TPSA) is 9.23 Å². The summed E-state index contributed by atoms with van der Waals surface area (Å²) >= 11 is 0. The Morgan fingerprint density at radius 3 is 2.79 bits per heavy atom. The van der Waals surface area contributed by atoms with Crippen LogP contribution in [0.25, 0.3) is 0 Å². The number of methoxy groups -OCH3 is 1. The van der Waals surface area contributed by atoms with E-state index in [4.69, 9.17) is 4.74 Å². The lowest BCUT2D eigenvalue weighted by molar-refractivity contribution is 0.408. The largest absolute Gasteiger partial charge is 0.496 e. The molecule has 0 unspecified atom stereocenters. The number of aryl methyl sites for hydroxylation is 1. The fraction of sp³-hybridized carbons (Fsp3) is 0.333. The van der Waals surface area contributed by atoms with Crippen LogP contribution in [0.5, 0.6) is 5.75 Å². The van der Waals surface area contributed by atoms with Gasteiger partial charge in [-0.15, -0.1) is 6.58 Å². The van der Waals surface area contributed by atoms with Crippen molar-refractivity contribution in [1.82, 2.24) is 0 Å². The SMILES string of the molecule is C=C(C)CCc1cc(F)ccc1OC. The van der Waals surface area contributed by atoms with Gasteiger partial charge < -0.3 is 4.74 Å². The van der Waals surface area contributed by atoms with E-state index in [2.05, 4.69) is 6.58 Å². The zero-order chi connectivity index (χ0) is 10.6. The summed E-state index contributed by atoms with van der Waals surface area (Å²) in [5.74, 6) is 0.523. The Morgan fingerprint density at radius 1 is 1.50 bits per heavy atom.